The van der Waals surface area contributed by atoms with E-state index in [9.17, 15) is 0 Å². The van der Waals surface area contributed by atoms with Gasteiger partial charge >= 0.3 is 0 Å². The summed E-state index contributed by atoms with van der Waals surface area (Å²) in [6, 6.07) is 19.0. The minimum Gasteiger partial charge on any atom is -0.282 e. The SMILES string of the molecule is CC(=N[C@@H](C)c1ccccc1)c1ccccc1C. The minimum absolute atomic E-state index is 0.200. The Labute approximate surface area is 109 Å². The molecule has 0 saturated carbocycles. The molecule has 0 bridgehead atoms. The van der Waals surface area contributed by atoms with E-state index < -0.39 is 0 Å². The lowest BCUT2D eigenvalue weighted by Gasteiger charge is -2.10. The summed E-state index contributed by atoms with van der Waals surface area (Å²) in [4.78, 5) is 4.79. The molecular formula is C17H19N. The predicted octanol–water partition coefficient (Wildman–Crippen LogP) is 4.57. The van der Waals surface area contributed by atoms with Crippen molar-refractivity contribution in [2.24, 2.45) is 4.99 Å². The van der Waals surface area contributed by atoms with Gasteiger partial charge in [-0.25, -0.2) is 0 Å². The fourth-order valence-corrected chi connectivity index (χ4v) is 2.14. The molecule has 0 aliphatic heterocycles. The molecule has 1 heteroatoms. The van der Waals surface area contributed by atoms with Gasteiger partial charge in [0.1, 0.15) is 0 Å². The van der Waals surface area contributed by atoms with Crippen molar-refractivity contribution in [1.29, 1.82) is 0 Å². The molecule has 0 heterocycles. The van der Waals surface area contributed by atoms with Gasteiger partial charge < -0.3 is 0 Å². The van der Waals surface area contributed by atoms with E-state index in [4.69, 9.17) is 4.99 Å². The number of benzene rings is 2. The van der Waals surface area contributed by atoms with Gasteiger partial charge in [0.05, 0.1) is 6.04 Å². The maximum absolute atomic E-state index is 4.79. The third-order valence-electron chi connectivity index (χ3n) is 3.20. The van der Waals surface area contributed by atoms with E-state index >= 15 is 0 Å². The molecule has 2 aromatic rings. The molecule has 0 aliphatic carbocycles. The topological polar surface area (TPSA) is 12.4 Å². The second-order valence-corrected chi connectivity index (χ2v) is 4.62. The second kappa shape index (κ2) is 5.63. The summed E-state index contributed by atoms with van der Waals surface area (Å²) < 4.78 is 0. The quantitative estimate of drug-likeness (QED) is 0.694. The Kier molecular flexibility index (Phi) is 3.93. The van der Waals surface area contributed by atoms with Crippen molar-refractivity contribution < 1.29 is 0 Å². The molecule has 92 valence electrons. The van der Waals surface area contributed by atoms with Crippen molar-refractivity contribution in [3.05, 3.63) is 71.3 Å². The average molecular weight is 237 g/mol. The van der Waals surface area contributed by atoms with Crippen molar-refractivity contribution in [2.45, 2.75) is 26.8 Å². The maximum Gasteiger partial charge on any atom is 0.0724 e. The van der Waals surface area contributed by atoms with E-state index in [2.05, 4.69) is 69.3 Å². The van der Waals surface area contributed by atoms with Crippen LogP contribution >= 0.6 is 0 Å². The molecule has 1 atom stereocenters. The van der Waals surface area contributed by atoms with Crippen molar-refractivity contribution >= 4 is 5.71 Å². The fourth-order valence-electron chi connectivity index (χ4n) is 2.14. The van der Waals surface area contributed by atoms with E-state index in [1.54, 1.807) is 0 Å². The lowest BCUT2D eigenvalue weighted by Crippen LogP contribution is -2.01. The first-order valence-corrected chi connectivity index (χ1v) is 6.34. The highest BCUT2D eigenvalue weighted by Gasteiger charge is 2.05. The summed E-state index contributed by atoms with van der Waals surface area (Å²) in [5.41, 5.74) is 4.87. The number of aliphatic imine (C=N–C) groups is 1. The third-order valence-corrected chi connectivity index (χ3v) is 3.20. The summed E-state index contributed by atoms with van der Waals surface area (Å²) in [5.74, 6) is 0. The Morgan fingerprint density at radius 3 is 2.22 bits per heavy atom. The fraction of sp³-hybridized carbons (Fsp3) is 0.235. The van der Waals surface area contributed by atoms with Crippen LogP contribution in [0, 0.1) is 6.92 Å². The van der Waals surface area contributed by atoms with Crippen molar-refractivity contribution in [3.8, 4) is 0 Å². The van der Waals surface area contributed by atoms with Crippen LogP contribution in [0.2, 0.25) is 0 Å². The molecule has 0 saturated heterocycles. The molecule has 0 aliphatic rings. The van der Waals surface area contributed by atoms with Crippen LogP contribution < -0.4 is 0 Å². The largest absolute Gasteiger partial charge is 0.282 e. The number of hydrogen-bond donors (Lipinski definition) is 0. The van der Waals surface area contributed by atoms with Gasteiger partial charge in [0.2, 0.25) is 0 Å². The predicted molar refractivity (Wildman–Crippen MR) is 78.2 cm³/mol. The summed E-state index contributed by atoms with van der Waals surface area (Å²) in [6.07, 6.45) is 0. The molecule has 2 rings (SSSR count). The number of nitrogens with zero attached hydrogens (tertiary/aromatic N) is 1. The first kappa shape index (κ1) is 12.6. The van der Waals surface area contributed by atoms with Crippen LogP contribution in [-0.2, 0) is 0 Å². The van der Waals surface area contributed by atoms with Gasteiger partial charge in [0.15, 0.2) is 0 Å². The van der Waals surface area contributed by atoms with E-state index in [1.807, 2.05) is 6.07 Å². The van der Waals surface area contributed by atoms with Gasteiger partial charge in [0.25, 0.3) is 0 Å². The molecular weight excluding hydrogens is 218 g/mol. The summed E-state index contributed by atoms with van der Waals surface area (Å²) in [6.45, 7) is 6.35. The minimum atomic E-state index is 0.200. The Bertz CT molecular complexity index is 541. The number of aryl methyl sites for hydroxylation is 1. The Morgan fingerprint density at radius 2 is 1.56 bits per heavy atom. The van der Waals surface area contributed by atoms with Gasteiger partial charge in [-0.1, -0.05) is 54.6 Å². The number of rotatable bonds is 3. The molecule has 0 unspecified atom stereocenters. The molecule has 0 aromatic heterocycles. The lowest BCUT2D eigenvalue weighted by atomic mass is 10.0. The van der Waals surface area contributed by atoms with Gasteiger partial charge in [-0.3, -0.25) is 4.99 Å². The Hall–Kier alpha value is -1.89. The average Bonchev–Trinajstić information content (AvgIpc) is 2.40. The zero-order valence-electron chi connectivity index (χ0n) is 11.2. The van der Waals surface area contributed by atoms with Gasteiger partial charge in [-0.2, -0.15) is 0 Å². The summed E-state index contributed by atoms with van der Waals surface area (Å²) in [5, 5.41) is 0. The van der Waals surface area contributed by atoms with Crippen LogP contribution in [0.15, 0.2) is 59.6 Å². The monoisotopic (exact) mass is 237 g/mol. The third kappa shape index (κ3) is 2.86. The smallest absolute Gasteiger partial charge is 0.0724 e. The standard InChI is InChI=1S/C17H19N/c1-13-9-7-8-12-17(13)15(3)18-14(2)16-10-5-4-6-11-16/h4-12,14H,1-3H3/t14-/m0/s1. The van der Waals surface area contributed by atoms with Crippen LogP contribution in [0.5, 0.6) is 0 Å². The van der Waals surface area contributed by atoms with Crippen LogP contribution in [0.4, 0.5) is 0 Å². The molecule has 0 radical (unpaired) electrons. The number of hydrogen-bond acceptors (Lipinski definition) is 1. The molecule has 0 amide bonds. The van der Waals surface area contributed by atoms with Crippen molar-refractivity contribution in [3.63, 3.8) is 0 Å². The molecule has 18 heavy (non-hydrogen) atoms. The maximum atomic E-state index is 4.79. The van der Waals surface area contributed by atoms with E-state index in [1.165, 1.54) is 16.7 Å². The molecule has 1 nitrogen and oxygen atoms in total. The normalized spacial score (nSPS) is 13.4. The van der Waals surface area contributed by atoms with Crippen LogP contribution in [-0.4, -0.2) is 5.71 Å². The van der Waals surface area contributed by atoms with E-state index in [-0.39, 0.29) is 6.04 Å². The first-order chi connectivity index (χ1) is 8.68. The van der Waals surface area contributed by atoms with Gasteiger partial charge in [-0.15, -0.1) is 0 Å². The highest BCUT2D eigenvalue weighted by molar-refractivity contribution is 6.00. The Morgan fingerprint density at radius 1 is 0.944 bits per heavy atom. The second-order valence-electron chi connectivity index (χ2n) is 4.62. The molecule has 0 fully saturated rings. The summed E-state index contributed by atoms with van der Waals surface area (Å²) >= 11 is 0. The summed E-state index contributed by atoms with van der Waals surface area (Å²) in [7, 11) is 0. The Balaban J connectivity index is 2.26. The molecule has 0 N–H and O–H groups in total. The van der Waals surface area contributed by atoms with Crippen LogP contribution in [0.1, 0.15) is 36.6 Å². The molecule has 0 spiro atoms. The van der Waals surface area contributed by atoms with E-state index in [0.717, 1.165) is 5.71 Å². The van der Waals surface area contributed by atoms with Gasteiger partial charge in [-0.05, 0) is 37.5 Å². The van der Waals surface area contributed by atoms with E-state index in [0.29, 0.717) is 0 Å². The van der Waals surface area contributed by atoms with Crippen molar-refractivity contribution in [1.82, 2.24) is 0 Å². The molecule has 2 aromatic carbocycles. The van der Waals surface area contributed by atoms with Gasteiger partial charge in [0, 0.05) is 5.71 Å². The van der Waals surface area contributed by atoms with Crippen molar-refractivity contribution in [2.75, 3.05) is 0 Å². The zero-order valence-corrected chi connectivity index (χ0v) is 11.2. The lowest BCUT2D eigenvalue weighted by molar-refractivity contribution is 0.819. The highest BCUT2D eigenvalue weighted by atomic mass is 14.8. The zero-order chi connectivity index (χ0) is 13.0. The highest BCUT2D eigenvalue weighted by Crippen LogP contribution is 2.18. The van der Waals surface area contributed by atoms with Crippen LogP contribution in [0.3, 0.4) is 0 Å². The first-order valence-electron chi connectivity index (χ1n) is 6.34. The van der Waals surface area contributed by atoms with Crippen LogP contribution in [0.25, 0.3) is 0 Å².